The van der Waals surface area contributed by atoms with Crippen LogP contribution in [-0.2, 0) is 61.2 Å². The molecule has 2 aromatic carbocycles. The number of pyridine rings is 2. The van der Waals surface area contributed by atoms with E-state index >= 15 is 0 Å². The summed E-state index contributed by atoms with van der Waals surface area (Å²) < 4.78 is 4.20. The van der Waals surface area contributed by atoms with Crippen molar-refractivity contribution in [3.05, 3.63) is 110 Å². The normalized spacial score (nSPS) is 19.8. The molecule has 0 aliphatic carbocycles. The number of nitrogens with zero attached hydrogens (tertiary/aromatic N) is 4. The van der Waals surface area contributed by atoms with E-state index in [0.29, 0.717) is 0 Å². The summed E-state index contributed by atoms with van der Waals surface area (Å²) >= 11 is 27.4. The summed E-state index contributed by atoms with van der Waals surface area (Å²) in [6.45, 7) is 6.36. The van der Waals surface area contributed by atoms with Crippen molar-refractivity contribution < 1.29 is 9.13 Å². The van der Waals surface area contributed by atoms with Gasteiger partial charge in [0, 0.05) is 44.8 Å². The van der Waals surface area contributed by atoms with Crippen LogP contribution in [0.4, 0.5) is 0 Å². The van der Waals surface area contributed by atoms with E-state index in [1.54, 1.807) is 22.8 Å². The molecule has 0 bridgehead atoms. The van der Waals surface area contributed by atoms with Crippen LogP contribution in [0.15, 0.2) is 120 Å². The van der Waals surface area contributed by atoms with Gasteiger partial charge in [0.05, 0.1) is 22.4 Å². The Bertz CT molecular complexity index is 1860. The zero-order valence-corrected chi connectivity index (χ0v) is 29.6. The Hall–Kier alpha value is -1.48. The molecule has 0 spiro atoms. The summed E-state index contributed by atoms with van der Waals surface area (Å²) in [5, 5.41) is 2.35. The highest BCUT2D eigenvalue weighted by Gasteiger charge is 2.38. The Morgan fingerprint density at radius 3 is 1.29 bits per heavy atom. The highest BCUT2D eigenvalue weighted by atomic mass is 33.2. The van der Waals surface area contributed by atoms with Gasteiger partial charge in [-0.05, 0) is 35.2 Å². The van der Waals surface area contributed by atoms with Crippen LogP contribution in [0.2, 0.25) is 0 Å². The molecule has 0 amide bonds. The predicted molar refractivity (Wildman–Crippen MR) is 193 cm³/mol. The summed E-state index contributed by atoms with van der Waals surface area (Å²) in [4.78, 5) is 2.35. The average Bonchev–Trinajstić information content (AvgIpc) is 3.52. The average molecular weight is 699 g/mol. The third kappa shape index (κ3) is 5.59. The van der Waals surface area contributed by atoms with E-state index in [2.05, 4.69) is 92.8 Å². The lowest BCUT2D eigenvalue weighted by Crippen LogP contribution is -2.30. The van der Waals surface area contributed by atoms with Crippen LogP contribution in [0, 0.1) is 0 Å². The molecule has 0 saturated heterocycles. The molecule has 2 atom stereocenters. The number of fused-ring (bicyclic) bond motifs is 6. The van der Waals surface area contributed by atoms with Crippen LogP contribution in [-0.4, -0.2) is 8.68 Å². The Labute approximate surface area is 275 Å². The lowest BCUT2D eigenvalue weighted by Gasteiger charge is -2.42. The summed E-state index contributed by atoms with van der Waals surface area (Å²) in [6, 6.07) is 28.9. The Morgan fingerprint density at radius 2 is 0.952 bits per heavy atom. The number of rotatable bonds is 2. The van der Waals surface area contributed by atoms with Gasteiger partial charge in [-0.2, -0.15) is 0 Å². The molecular weight excluding hydrogens is 671 g/mol. The molecule has 12 heteroatoms. The summed E-state index contributed by atoms with van der Waals surface area (Å²) in [5.74, 6) is 0. The van der Waals surface area contributed by atoms with Crippen molar-refractivity contribution in [1.82, 2.24) is 8.68 Å². The lowest BCUT2D eigenvalue weighted by atomic mass is 10.2. The monoisotopic (exact) mass is 698 g/mol. The van der Waals surface area contributed by atoms with Gasteiger partial charge in [-0.15, -0.1) is 0 Å². The molecule has 2 unspecified atom stereocenters. The Morgan fingerprint density at radius 1 is 0.595 bits per heavy atom. The summed E-state index contributed by atoms with van der Waals surface area (Å²) in [5.41, 5.74) is 4.52. The van der Waals surface area contributed by atoms with Crippen molar-refractivity contribution in [3.63, 3.8) is 0 Å². The maximum absolute atomic E-state index is 6.01. The number of para-hydroxylation sites is 2. The molecule has 2 aliphatic heterocycles. The number of aryl methyl sites for hydroxylation is 2. The molecular formula is C30H28N4P2S6. The van der Waals surface area contributed by atoms with Crippen molar-refractivity contribution in [2.45, 2.75) is 36.7 Å². The number of aromatic nitrogens is 4. The third-order valence-electron chi connectivity index (χ3n) is 7.02. The second-order valence-electron chi connectivity index (χ2n) is 9.54. The standard InChI is InChI=1S/C16H10N2P2S6.2C7H10N/c21-19(22)17-11-7-3-1-5-9(11)15-13(17)14-16(26-19)10-6-2-4-8-12(10)18(14)20(23,24)25-15;2*1-2-8-6-4-3-5-7-8/h1-8H,(H,21,22)(H,23,24);2*3-7H,2H2,1H3/q;2*+1/p-2. The molecule has 214 valence electrons. The Balaban J connectivity index is 0.000000162. The van der Waals surface area contributed by atoms with Crippen molar-refractivity contribution >= 4 is 102 Å². The van der Waals surface area contributed by atoms with E-state index < -0.39 is 9.18 Å². The second-order valence-corrected chi connectivity index (χ2v) is 28.2. The fourth-order valence-corrected chi connectivity index (χ4v) is 17.4. The molecule has 42 heavy (non-hydrogen) atoms. The van der Waals surface area contributed by atoms with Gasteiger partial charge in [-0.25, -0.2) is 9.13 Å². The molecule has 4 aromatic heterocycles. The molecule has 0 N–H and O–H groups in total. The number of hydrogen-bond donors (Lipinski definition) is 0. The van der Waals surface area contributed by atoms with E-state index in [1.165, 1.54) is 20.6 Å². The van der Waals surface area contributed by atoms with Crippen LogP contribution in [0.5, 0.6) is 0 Å². The smallest absolute Gasteiger partial charge is 0.168 e. The fourth-order valence-electron chi connectivity index (χ4n) is 5.10. The SMILES string of the molecule is CC[n+]1ccccc1.CC[n+]1ccccc1.S=P1([S-])Sc2c3n(c4ccccc24)P(=S)([S-])Sc2c-3n1c1ccccc21. The molecule has 8 rings (SSSR count). The van der Waals surface area contributed by atoms with Crippen LogP contribution in [0.1, 0.15) is 13.8 Å². The van der Waals surface area contributed by atoms with Gasteiger partial charge in [0.15, 0.2) is 24.8 Å². The number of benzene rings is 2. The van der Waals surface area contributed by atoms with E-state index in [4.69, 9.17) is 48.1 Å². The van der Waals surface area contributed by atoms with Crippen molar-refractivity contribution in [2.75, 3.05) is 0 Å². The largest absolute Gasteiger partial charge is 0.715 e. The van der Waals surface area contributed by atoms with Gasteiger partial charge < -0.3 is 33.2 Å². The topological polar surface area (TPSA) is 17.6 Å². The van der Waals surface area contributed by atoms with Crippen LogP contribution >= 0.6 is 31.9 Å². The fraction of sp³-hybridized carbons (Fsp3) is 0.133. The molecule has 0 radical (unpaired) electrons. The third-order valence-corrected chi connectivity index (χ3v) is 18.6. The predicted octanol–water partition coefficient (Wildman–Crippen LogP) is 8.70. The molecule has 4 nitrogen and oxygen atoms in total. The maximum atomic E-state index is 6.01. The minimum atomic E-state index is -2.26. The van der Waals surface area contributed by atoms with Gasteiger partial charge in [0.1, 0.15) is 13.1 Å². The quantitative estimate of drug-likeness (QED) is 0.102. The van der Waals surface area contributed by atoms with E-state index in [1.807, 2.05) is 48.5 Å². The highest BCUT2D eigenvalue weighted by Crippen LogP contribution is 2.78. The van der Waals surface area contributed by atoms with E-state index in [-0.39, 0.29) is 0 Å². The first-order valence-electron chi connectivity index (χ1n) is 13.4. The molecule has 6 heterocycles. The minimum Gasteiger partial charge on any atom is -0.715 e. The van der Waals surface area contributed by atoms with Gasteiger partial charge in [0.2, 0.25) is 0 Å². The first kappa shape index (κ1) is 30.5. The molecule has 2 aliphatic rings. The minimum absolute atomic E-state index is 1.06. The van der Waals surface area contributed by atoms with Crippen LogP contribution in [0.3, 0.4) is 0 Å². The van der Waals surface area contributed by atoms with Gasteiger partial charge in [-0.3, -0.25) is 0 Å². The second kappa shape index (κ2) is 12.5. The van der Waals surface area contributed by atoms with E-state index in [0.717, 1.165) is 35.5 Å². The van der Waals surface area contributed by atoms with Crippen LogP contribution in [0.25, 0.3) is 33.2 Å². The summed E-state index contributed by atoms with van der Waals surface area (Å²) in [6.07, 6.45) is 8.22. The number of hydrogen-bond acceptors (Lipinski definition) is 6. The highest BCUT2D eigenvalue weighted by molar-refractivity contribution is 8.92. The van der Waals surface area contributed by atoms with Crippen molar-refractivity contribution in [1.29, 1.82) is 0 Å². The Kier molecular flexibility index (Phi) is 9.08. The van der Waals surface area contributed by atoms with Gasteiger partial charge in [0.25, 0.3) is 0 Å². The first-order valence-corrected chi connectivity index (χ1v) is 23.8. The molecule has 6 aromatic rings. The first-order chi connectivity index (χ1) is 20.3. The zero-order valence-electron chi connectivity index (χ0n) is 22.9. The molecule has 0 saturated carbocycles. The van der Waals surface area contributed by atoms with Gasteiger partial charge in [-0.1, -0.05) is 94.9 Å². The van der Waals surface area contributed by atoms with Crippen molar-refractivity contribution in [3.8, 4) is 11.4 Å². The van der Waals surface area contributed by atoms with Crippen molar-refractivity contribution in [2.24, 2.45) is 0 Å². The summed E-state index contributed by atoms with van der Waals surface area (Å²) in [7, 11) is 0. The zero-order chi connectivity index (χ0) is 29.5. The maximum Gasteiger partial charge on any atom is 0.168 e. The van der Waals surface area contributed by atoms with Gasteiger partial charge >= 0.3 is 0 Å². The van der Waals surface area contributed by atoms with E-state index in [9.17, 15) is 0 Å². The van der Waals surface area contributed by atoms with Crippen LogP contribution < -0.4 is 9.13 Å². The molecule has 0 fully saturated rings. The lowest BCUT2D eigenvalue weighted by molar-refractivity contribution is -0.693.